The predicted octanol–water partition coefficient (Wildman–Crippen LogP) is 1.88. The Balaban J connectivity index is 2.50. The van der Waals surface area contributed by atoms with Gasteiger partial charge in [-0.15, -0.1) is 0 Å². The van der Waals surface area contributed by atoms with E-state index < -0.39 is 0 Å². The van der Waals surface area contributed by atoms with Crippen molar-refractivity contribution in [3.05, 3.63) is 48.4 Å². The van der Waals surface area contributed by atoms with Gasteiger partial charge in [-0.05, 0) is 19.1 Å². The van der Waals surface area contributed by atoms with Crippen molar-refractivity contribution in [3.8, 4) is 11.3 Å². The Morgan fingerprint density at radius 3 is 2.50 bits per heavy atom. The molecule has 0 saturated carbocycles. The van der Waals surface area contributed by atoms with Crippen molar-refractivity contribution in [1.29, 1.82) is 0 Å². The number of hydrogen-bond acceptors (Lipinski definition) is 1. The van der Waals surface area contributed by atoms with E-state index in [4.69, 9.17) is 0 Å². The van der Waals surface area contributed by atoms with Gasteiger partial charge in [-0.2, -0.15) is 4.57 Å². The standard InChI is InChI=1S/C12H13N2/c1-10-3-5-11(6-4-10)12-9-13-7-8-14(12)2/h3-9H,1-2H3/q+1. The van der Waals surface area contributed by atoms with Gasteiger partial charge in [-0.25, -0.2) is 0 Å². The Labute approximate surface area is 83.9 Å². The predicted molar refractivity (Wildman–Crippen MR) is 55.6 cm³/mol. The molecule has 1 aromatic carbocycles. The lowest BCUT2D eigenvalue weighted by molar-refractivity contribution is -0.660. The van der Waals surface area contributed by atoms with Gasteiger partial charge < -0.3 is 0 Å². The van der Waals surface area contributed by atoms with E-state index in [-0.39, 0.29) is 0 Å². The van der Waals surface area contributed by atoms with E-state index in [1.165, 1.54) is 11.1 Å². The second-order valence-electron chi connectivity index (χ2n) is 3.44. The van der Waals surface area contributed by atoms with Gasteiger partial charge in [-0.1, -0.05) is 17.7 Å². The maximum Gasteiger partial charge on any atom is 0.230 e. The molecule has 1 heterocycles. The van der Waals surface area contributed by atoms with E-state index in [1.54, 1.807) is 6.20 Å². The van der Waals surface area contributed by atoms with Crippen LogP contribution in [0.25, 0.3) is 11.3 Å². The first kappa shape index (κ1) is 8.88. The number of hydrogen-bond donors (Lipinski definition) is 0. The van der Waals surface area contributed by atoms with Crippen LogP contribution in [0.1, 0.15) is 5.56 Å². The third kappa shape index (κ3) is 1.64. The molecular weight excluding hydrogens is 172 g/mol. The van der Waals surface area contributed by atoms with Crippen LogP contribution in [0.3, 0.4) is 0 Å². The van der Waals surface area contributed by atoms with Gasteiger partial charge in [0.05, 0.1) is 12.4 Å². The van der Waals surface area contributed by atoms with Crippen molar-refractivity contribution in [3.63, 3.8) is 0 Å². The van der Waals surface area contributed by atoms with Crippen molar-refractivity contribution in [1.82, 2.24) is 4.98 Å². The number of aromatic nitrogens is 2. The molecule has 14 heavy (non-hydrogen) atoms. The Hall–Kier alpha value is -1.70. The van der Waals surface area contributed by atoms with Gasteiger partial charge in [0, 0.05) is 5.56 Å². The van der Waals surface area contributed by atoms with Gasteiger partial charge in [0.1, 0.15) is 7.05 Å². The molecule has 1 aromatic heterocycles. The van der Waals surface area contributed by atoms with Gasteiger partial charge in [0.2, 0.25) is 5.69 Å². The summed E-state index contributed by atoms with van der Waals surface area (Å²) in [5, 5.41) is 0. The Morgan fingerprint density at radius 1 is 1.14 bits per heavy atom. The van der Waals surface area contributed by atoms with Crippen molar-refractivity contribution < 1.29 is 4.57 Å². The molecule has 2 heteroatoms. The monoisotopic (exact) mass is 185 g/mol. The molecule has 0 aliphatic rings. The SMILES string of the molecule is Cc1ccc(-c2cncc[n+]2C)cc1. The first-order valence-corrected chi connectivity index (χ1v) is 4.64. The Bertz CT molecular complexity index is 432. The molecule has 0 N–H and O–H groups in total. The van der Waals surface area contributed by atoms with Crippen LogP contribution in [-0.2, 0) is 7.05 Å². The van der Waals surface area contributed by atoms with E-state index in [0.29, 0.717) is 0 Å². The maximum atomic E-state index is 4.12. The second-order valence-corrected chi connectivity index (χ2v) is 3.44. The molecule has 2 rings (SSSR count). The van der Waals surface area contributed by atoms with Crippen molar-refractivity contribution in [2.45, 2.75) is 6.92 Å². The summed E-state index contributed by atoms with van der Waals surface area (Å²) in [6.07, 6.45) is 5.62. The average Bonchev–Trinajstić information content (AvgIpc) is 2.20. The topological polar surface area (TPSA) is 16.8 Å². The van der Waals surface area contributed by atoms with Gasteiger partial charge in [0.25, 0.3) is 0 Å². The van der Waals surface area contributed by atoms with E-state index in [1.807, 2.05) is 19.4 Å². The Kier molecular flexibility index (Phi) is 2.27. The fourth-order valence-corrected chi connectivity index (χ4v) is 1.43. The lowest BCUT2D eigenvalue weighted by atomic mass is 10.1. The van der Waals surface area contributed by atoms with Gasteiger partial charge >= 0.3 is 0 Å². The van der Waals surface area contributed by atoms with E-state index in [0.717, 1.165) is 5.69 Å². The first-order chi connectivity index (χ1) is 6.77. The number of nitrogens with zero attached hydrogens (tertiary/aromatic N) is 2. The molecule has 70 valence electrons. The molecule has 0 unspecified atom stereocenters. The van der Waals surface area contributed by atoms with Crippen LogP contribution in [0.5, 0.6) is 0 Å². The maximum absolute atomic E-state index is 4.12. The highest BCUT2D eigenvalue weighted by Gasteiger charge is 2.07. The van der Waals surface area contributed by atoms with E-state index in [9.17, 15) is 0 Å². The average molecular weight is 185 g/mol. The second kappa shape index (κ2) is 3.58. The zero-order chi connectivity index (χ0) is 9.97. The molecule has 0 aliphatic carbocycles. The summed E-state index contributed by atoms with van der Waals surface area (Å²) in [6.45, 7) is 2.09. The fraction of sp³-hybridized carbons (Fsp3) is 0.167. The van der Waals surface area contributed by atoms with Crippen LogP contribution >= 0.6 is 0 Å². The van der Waals surface area contributed by atoms with Crippen LogP contribution in [0, 0.1) is 6.92 Å². The molecule has 0 aliphatic heterocycles. The quantitative estimate of drug-likeness (QED) is 0.620. The zero-order valence-corrected chi connectivity index (χ0v) is 8.44. The molecule has 0 amide bonds. The first-order valence-electron chi connectivity index (χ1n) is 4.64. The minimum absolute atomic E-state index is 1.13. The molecule has 0 bridgehead atoms. The van der Waals surface area contributed by atoms with Crippen molar-refractivity contribution in [2.24, 2.45) is 7.05 Å². The summed E-state index contributed by atoms with van der Waals surface area (Å²) in [6, 6.07) is 8.46. The third-order valence-electron chi connectivity index (χ3n) is 2.30. The van der Waals surface area contributed by atoms with Crippen molar-refractivity contribution >= 4 is 0 Å². The molecular formula is C12H13N2+. The summed E-state index contributed by atoms with van der Waals surface area (Å²) in [4.78, 5) is 4.12. The number of aryl methyl sites for hydroxylation is 2. The third-order valence-corrected chi connectivity index (χ3v) is 2.30. The summed E-state index contributed by atoms with van der Waals surface area (Å²) in [5.41, 5.74) is 3.61. The van der Waals surface area contributed by atoms with Crippen LogP contribution < -0.4 is 4.57 Å². The minimum Gasteiger partial charge on any atom is -0.252 e. The summed E-state index contributed by atoms with van der Waals surface area (Å²) in [7, 11) is 2.02. The lowest BCUT2D eigenvalue weighted by Crippen LogP contribution is -2.30. The number of benzene rings is 1. The van der Waals surface area contributed by atoms with Gasteiger partial charge in [-0.3, -0.25) is 4.98 Å². The van der Waals surface area contributed by atoms with Gasteiger partial charge in [0.15, 0.2) is 6.20 Å². The molecule has 0 radical (unpaired) electrons. The summed E-state index contributed by atoms with van der Waals surface area (Å²) >= 11 is 0. The smallest absolute Gasteiger partial charge is 0.230 e. The fourth-order valence-electron chi connectivity index (χ4n) is 1.43. The van der Waals surface area contributed by atoms with Crippen molar-refractivity contribution in [2.75, 3.05) is 0 Å². The largest absolute Gasteiger partial charge is 0.252 e. The molecule has 0 spiro atoms. The molecule has 0 fully saturated rings. The van der Waals surface area contributed by atoms with Crippen LogP contribution in [0.15, 0.2) is 42.9 Å². The molecule has 0 saturated heterocycles. The highest BCUT2D eigenvalue weighted by atomic mass is 14.9. The Morgan fingerprint density at radius 2 is 1.86 bits per heavy atom. The number of rotatable bonds is 1. The van der Waals surface area contributed by atoms with E-state index in [2.05, 4.69) is 40.7 Å². The van der Waals surface area contributed by atoms with E-state index >= 15 is 0 Å². The summed E-state index contributed by atoms with van der Waals surface area (Å²) < 4.78 is 2.07. The summed E-state index contributed by atoms with van der Waals surface area (Å²) in [5.74, 6) is 0. The normalized spacial score (nSPS) is 10.1. The zero-order valence-electron chi connectivity index (χ0n) is 8.44. The highest BCUT2D eigenvalue weighted by molar-refractivity contribution is 5.55. The highest BCUT2D eigenvalue weighted by Crippen LogP contribution is 2.14. The van der Waals surface area contributed by atoms with Crippen LogP contribution in [0.4, 0.5) is 0 Å². The minimum atomic E-state index is 1.13. The molecule has 2 aromatic rings. The van der Waals surface area contributed by atoms with Crippen LogP contribution in [-0.4, -0.2) is 4.98 Å². The lowest BCUT2D eigenvalue weighted by Gasteiger charge is -1.99. The molecule has 0 atom stereocenters. The van der Waals surface area contributed by atoms with Crippen LogP contribution in [0.2, 0.25) is 0 Å². The molecule has 2 nitrogen and oxygen atoms in total.